The molecule has 1 aliphatic heterocycles. The molecule has 112 valence electrons. The number of amides is 1. The van der Waals surface area contributed by atoms with Gasteiger partial charge in [-0.1, -0.05) is 11.3 Å². The van der Waals surface area contributed by atoms with Crippen LogP contribution in [0.4, 0.5) is 5.13 Å². The lowest BCUT2D eigenvalue weighted by molar-refractivity contribution is -0.119. The first-order chi connectivity index (χ1) is 9.97. The van der Waals surface area contributed by atoms with Crippen LogP contribution in [-0.4, -0.2) is 37.9 Å². The lowest BCUT2D eigenvalue weighted by Gasteiger charge is -2.05. The molecule has 1 aromatic heterocycles. The van der Waals surface area contributed by atoms with E-state index in [-0.39, 0.29) is 17.4 Å². The van der Waals surface area contributed by atoms with Crippen LogP contribution < -0.4 is 10.1 Å². The third-order valence-corrected chi connectivity index (χ3v) is 6.13. The molecule has 6 nitrogen and oxygen atoms in total. The Morgan fingerprint density at radius 1 is 1.48 bits per heavy atom. The summed E-state index contributed by atoms with van der Waals surface area (Å²) in [6, 6.07) is 5.47. The number of ether oxygens (including phenoxy) is 1. The van der Waals surface area contributed by atoms with Crippen LogP contribution in [0, 0.1) is 5.92 Å². The molecule has 8 heteroatoms. The van der Waals surface area contributed by atoms with Crippen molar-refractivity contribution in [3.05, 3.63) is 18.2 Å². The van der Waals surface area contributed by atoms with Gasteiger partial charge in [0.15, 0.2) is 15.0 Å². The lowest BCUT2D eigenvalue weighted by Crippen LogP contribution is -2.23. The minimum Gasteiger partial charge on any atom is -0.497 e. The Balaban J connectivity index is 1.77. The fraction of sp³-hybridized carbons (Fsp3) is 0.385. The summed E-state index contributed by atoms with van der Waals surface area (Å²) in [6.07, 6.45) is 0.382. The average Bonchev–Trinajstić information content (AvgIpc) is 3.00. The van der Waals surface area contributed by atoms with E-state index < -0.39 is 15.8 Å². The second-order valence-corrected chi connectivity index (χ2v) is 8.20. The number of fused-ring (bicyclic) bond motifs is 1. The molecule has 1 amide bonds. The molecule has 1 N–H and O–H groups in total. The summed E-state index contributed by atoms with van der Waals surface area (Å²) in [5.41, 5.74) is 0.773. The van der Waals surface area contributed by atoms with E-state index in [1.54, 1.807) is 13.2 Å². The molecule has 0 spiro atoms. The molecule has 0 aliphatic carbocycles. The Hall–Kier alpha value is -1.67. The van der Waals surface area contributed by atoms with Gasteiger partial charge in [0.2, 0.25) is 5.91 Å². The molecule has 0 bridgehead atoms. The Morgan fingerprint density at radius 3 is 2.95 bits per heavy atom. The van der Waals surface area contributed by atoms with Crippen molar-refractivity contribution >= 4 is 42.4 Å². The van der Waals surface area contributed by atoms with Crippen LogP contribution in [0.5, 0.6) is 5.75 Å². The molecule has 1 unspecified atom stereocenters. The van der Waals surface area contributed by atoms with Gasteiger partial charge in [0, 0.05) is 0 Å². The van der Waals surface area contributed by atoms with Gasteiger partial charge in [-0.05, 0) is 24.6 Å². The Labute approximate surface area is 126 Å². The van der Waals surface area contributed by atoms with E-state index in [1.165, 1.54) is 11.3 Å². The highest BCUT2D eigenvalue weighted by molar-refractivity contribution is 7.91. The van der Waals surface area contributed by atoms with Gasteiger partial charge in [-0.25, -0.2) is 13.4 Å². The topological polar surface area (TPSA) is 85.4 Å². The number of methoxy groups -OCH3 is 1. The number of nitrogens with zero attached hydrogens (tertiary/aromatic N) is 1. The van der Waals surface area contributed by atoms with Crippen molar-refractivity contribution in [2.75, 3.05) is 23.9 Å². The number of carbonyl (C=O) groups excluding carboxylic acids is 1. The maximum Gasteiger partial charge on any atom is 0.230 e. The summed E-state index contributed by atoms with van der Waals surface area (Å²) >= 11 is 1.34. The van der Waals surface area contributed by atoms with Gasteiger partial charge in [-0.15, -0.1) is 0 Å². The Bertz CT molecular complexity index is 798. The zero-order valence-electron chi connectivity index (χ0n) is 11.3. The van der Waals surface area contributed by atoms with Crippen LogP contribution in [0.15, 0.2) is 18.2 Å². The molecular formula is C13H14N2O4S2. The summed E-state index contributed by atoms with van der Waals surface area (Å²) in [6.45, 7) is 0. The van der Waals surface area contributed by atoms with E-state index in [0.717, 1.165) is 16.0 Å². The molecule has 0 radical (unpaired) electrons. The average molecular weight is 326 g/mol. The van der Waals surface area contributed by atoms with E-state index in [0.29, 0.717) is 11.6 Å². The second kappa shape index (κ2) is 5.27. The summed E-state index contributed by atoms with van der Waals surface area (Å²) in [7, 11) is -1.47. The zero-order valence-corrected chi connectivity index (χ0v) is 13.0. The number of thiazole rings is 1. The number of anilines is 1. The van der Waals surface area contributed by atoms with Crippen LogP contribution >= 0.6 is 11.3 Å². The van der Waals surface area contributed by atoms with Crippen molar-refractivity contribution < 1.29 is 17.9 Å². The van der Waals surface area contributed by atoms with Gasteiger partial charge in [-0.3, -0.25) is 4.79 Å². The molecule has 0 saturated carbocycles. The molecule has 1 aliphatic rings. The molecule has 2 aromatic rings. The van der Waals surface area contributed by atoms with Gasteiger partial charge in [0.1, 0.15) is 5.75 Å². The third kappa shape index (κ3) is 3.01. The maximum absolute atomic E-state index is 12.1. The van der Waals surface area contributed by atoms with Gasteiger partial charge >= 0.3 is 0 Å². The first-order valence-corrected chi connectivity index (χ1v) is 9.06. The summed E-state index contributed by atoms with van der Waals surface area (Å²) < 4.78 is 28.9. The van der Waals surface area contributed by atoms with Crippen molar-refractivity contribution in [3.63, 3.8) is 0 Å². The minimum absolute atomic E-state index is 0.0719. The molecule has 1 saturated heterocycles. The van der Waals surface area contributed by atoms with Gasteiger partial charge in [0.25, 0.3) is 0 Å². The predicted octanol–water partition coefficient (Wildman–Crippen LogP) is 1.68. The Morgan fingerprint density at radius 2 is 2.29 bits per heavy atom. The van der Waals surface area contributed by atoms with Gasteiger partial charge < -0.3 is 10.1 Å². The Kier molecular flexibility index (Phi) is 3.58. The number of sulfone groups is 1. The van der Waals surface area contributed by atoms with E-state index in [2.05, 4.69) is 10.3 Å². The van der Waals surface area contributed by atoms with Gasteiger partial charge in [0.05, 0.1) is 34.8 Å². The van der Waals surface area contributed by atoms with E-state index in [1.807, 2.05) is 12.1 Å². The van der Waals surface area contributed by atoms with Crippen LogP contribution in [0.2, 0.25) is 0 Å². The monoisotopic (exact) mass is 326 g/mol. The molecule has 2 heterocycles. The molecule has 1 fully saturated rings. The summed E-state index contributed by atoms with van der Waals surface area (Å²) in [5, 5.41) is 3.19. The largest absolute Gasteiger partial charge is 0.497 e. The number of hydrogen-bond acceptors (Lipinski definition) is 6. The predicted molar refractivity (Wildman–Crippen MR) is 81.6 cm³/mol. The molecular weight excluding hydrogens is 312 g/mol. The van der Waals surface area contributed by atoms with Crippen molar-refractivity contribution in [2.24, 2.45) is 5.92 Å². The van der Waals surface area contributed by atoms with E-state index >= 15 is 0 Å². The number of rotatable bonds is 3. The number of nitrogens with one attached hydrogen (secondary N) is 1. The first kappa shape index (κ1) is 14.3. The van der Waals surface area contributed by atoms with Crippen molar-refractivity contribution in [1.82, 2.24) is 4.98 Å². The fourth-order valence-corrected chi connectivity index (χ4v) is 4.93. The minimum atomic E-state index is -3.06. The standard InChI is InChI=1S/C13H14N2O4S2/c1-19-9-2-3-10-11(6-9)20-13(14-10)15-12(16)8-4-5-21(17,18)7-8/h2-3,6,8H,4-5,7H2,1H3,(H,14,15,16). The van der Waals surface area contributed by atoms with Crippen LogP contribution in [0.1, 0.15) is 6.42 Å². The van der Waals surface area contributed by atoms with E-state index in [4.69, 9.17) is 4.74 Å². The third-order valence-electron chi connectivity index (χ3n) is 3.43. The van der Waals surface area contributed by atoms with Crippen molar-refractivity contribution in [3.8, 4) is 5.75 Å². The van der Waals surface area contributed by atoms with Crippen LogP contribution in [0.25, 0.3) is 10.2 Å². The highest BCUT2D eigenvalue weighted by Gasteiger charge is 2.33. The highest BCUT2D eigenvalue weighted by Crippen LogP contribution is 2.30. The van der Waals surface area contributed by atoms with Crippen LogP contribution in [0.3, 0.4) is 0 Å². The maximum atomic E-state index is 12.1. The first-order valence-electron chi connectivity index (χ1n) is 6.43. The number of aromatic nitrogens is 1. The second-order valence-electron chi connectivity index (χ2n) is 4.94. The van der Waals surface area contributed by atoms with E-state index in [9.17, 15) is 13.2 Å². The normalized spacial score (nSPS) is 20.5. The SMILES string of the molecule is COc1ccc2nc(NC(=O)C3CCS(=O)(=O)C3)sc2c1. The highest BCUT2D eigenvalue weighted by atomic mass is 32.2. The quantitative estimate of drug-likeness (QED) is 0.927. The number of carbonyl (C=O) groups is 1. The lowest BCUT2D eigenvalue weighted by atomic mass is 10.1. The number of hydrogen-bond donors (Lipinski definition) is 1. The molecule has 3 rings (SSSR count). The smallest absolute Gasteiger partial charge is 0.230 e. The summed E-state index contributed by atoms with van der Waals surface area (Å²) in [5.74, 6) is -0.00999. The number of benzene rings is 1. The summed E-state index contributed by atoms with van der Waals surface area (Å²) in [4.78, 5) is 16.4. The molecule has 21 heavy (non-hydrogen) atoms. The van der Waals surface area contributed by atoms with Crippen molar-refractivity contribution in [1.29, 1.82) is 0 Å². The van der Waals surface area contributed by atoms with Crippen molar-refractivity contribution in [2.45, 2.75) is 6.42 Å². The molecule has 1 aromatic carbocycles. The zero-order chi connectivity index (χ0) is 15.0. The van der Waals surface area contributed by atoms with Crippen LogP contribution in [-0.2, 0) is 14.6 Å². The van der Waals surface area contributed by atoms with Gasteiger partial charge in [-0.2, -0.15) is 0 Å². The fourth-order valence-electron chi connectivity index (χ4n) is 2.29. The molecule has 1 atom stereocenters.